The second-order valence-corrected chi connectivity index (χ2v) is 7.50. The van der Waals surface area contributed by atoms with Gasteiger partial charge in [-0.3, -0.25) is 0 Å². The molecule has 0 fully saturated rings. The molecule has 146 valence electrons. The van der Waals surface area contributed by atoms with Crippen LogP contribution in [0.5, 0.6) is 0 Å². The summed E-state index contributed by atoms with van der Waals surface area (Å²) < 4.78 is 5.74. The SMILES string of the molecule is CCCCCCCCCCCOC(N)CCCCCCCCCC. The van der Waals surface area contributed by atoms with Crippen molar-refractivity contribution in [2.45, 2.75) is 136 Å². The number of hydrogen-bond donors (Lipinski definition) is 1. The van der Waals surface area contributed by atoms with Crippen LogP contribution in [-0.4, -0.2) is 12.8 Å². The molecule has 0 amide bonds. The van der Waals surface area contributed by atoms with Crippen LogP contribution in [0.1, 0.15) is 129 Å². The van der Waals surface area contributed by atoms with Crippen molar-refractivity contribution < 1.29 is 4.74 Å². The van der Waals surface area contributed by atoms with Crippen molar-refractivity contribution >= 4 is 0 Å². The van der Waals surface area contributed by atoms with Crippen LogP contribution in [-0.2, 0) is 4.74 Å². The third-order valence-electron chi connectivity index (χ3n) is 4.92. The van der Waals surface area contributed by atoms with E-state index in [0.29, 0.717) is 0 Å². The molecule has 24 heavy (non-hydrogen) atoms. The molecular weight excluding hydrogens is 294 g/mol. The van der Waals surface area contributed by atoms with E-state index < -0.39 is 0 Å². The van der Waals surface area contributed by atoms with Gasteiger partial charge < -0.3 is 10.5 Å². The fraction of sp³-hybridized carbons (Fsp3) is 1.00. The quantitative estimate of drug-likeness (QED) is 0.185. The largest absolute Gasteiger partial charge is 0.364 e. The first kappa shape index (κ1) is 23.9. The van der Waals surface area contributed by atoms with Gasteiger partial charge in [-0.2, -0.15) is 0 Å². The topological polar surface area (TPSA) is 35.2 Å². The number of nitrogens with two attached hydrogens (primary N) is 1. The molecule has 0 aromatic heterocycles. The zero-order chi connectivity index (χ0) is 17.7. The molecule has 1 atom stereocenters. The Labute approximate surface area is 153 Å². The van der Waals surface area contributed by atoms with E-state index in [1.807, 2.05) is 0 Å². The molecule has 0 aliphatic rings. The van der Waals surface area contributed by atoms with Crippen LogP contribution in [0, 0.1) is 0 Å². The normalized spacial score (nSPS) is 12.6. The van der Waals surface area contributed by atoms with Gasteiger partial charge in [-0.1, -0.05) is 110 Å². The Bertz CT molecular complexity index is 220. The van der Waals surface area contributed by atoms with Gasteiger partial charge in [-0.05, 0) is 19.3 Å². The summed E-state index contributed by atoms with van der Waals surface area (Å²) in [5.41, 5.74) is 6.04. The molecule has 0 radical (unpaired) electrons. The molecule has 0 aliphatic carbocycles. The van der Waals surface area contributed by atoms with Gasteiger partial charge in [0, 0.05) is 6.61 Å². The maximum Gasteiger partial charge on any atom is 0.105 e. The number of hydrogen-bond acceptors (Lipinski definition) is 2. The van der Waals surface area contributed by atoms with E-state index in [1.165, 1.54) is 109 Å². The Hall–Kier alpha value is -0.0800. The van der Waals surface area contributed by atoms with Crippen molar-refractivity contribution in [2.75, 3.05) is 6.61 Å². The Kier molecular flexibility index (Phi) is 20.9. The average molecular weight is 342 g/mol. The standard InChI is InChI=1S/C22H47NO/c1-3-5-7-9-11-13-15-17-19-21-24-22(23)20-18-16-14-12-10-8-6-4-2/h22H,3-21,23H2,1-2H3. The van der Waals surface area contributed by atoms with Gasteiger partial charge in [-0.25, -0.2) is 0 Å². The van der Waals surface area contributed by atoms with Crippen molar-refractivity contribution in [2.24, 2.45) is 5.73 Å². The van der Waals surface area contributed by atoms with E-state index in [-0.39, 0.29) is 6.23 Å². The molecule has 0 spiro atoms. The van der Waals surface area contributed by atoms with E-state index in [4.69, 9.17) is 10.5 Å². The van der Waals surface area contributed by atoms with Crippen molar-refractivity contribution in [3.63, 3.8) is 0 Å². The Morgan fingerprint density at radius 2 is 0.917 bits per heavy atom. The van der Waals surface area contributed by atoms with Crippen LogP contribution in [0.15, 0.2) is 0 Å². The van der Waals surface area contributed by atoms with E-state index in [0.717, 1.165) is 13.0 Å². The van der Waals surface area contributed by atoms with Crippen LogP contribution in [0.2, 0.25) is 0 Å². The second kappa shape index (κ2) is 21.0. The van der Waals surface area contributed by atoms with Gasteiger partial charge in [0.1, 0.15) is 6.23 Å². The van der Waals surface area contributed by atoms with Crippen LogP contribution in [0.25, 0.3) is 0 Å². The first-order valence-electron chi connectivity index (χ1n) is 11.2. The van der Waals surface area contributed by atoms with Crippen LogP contribution >= 0.6 is 0 Å². The summed E-state index contributed by atoms with van der Waals surface area (Å²) in [6, 6.07) is 0. The maximum absolute atomic E-state index is 6.04. The van der Waals surface area contributed by atoms with Crippen LogP contribution in [0.3, 0.4) is 0 Å². The first-order chi connectivity index (χ1) is 11.8. The Balaban J connectivity index is 3.11. The molecular formula is C22H47NO. The summed E-state index contributed by atoms with van der Waals surface area (Å²) in [4.78, 5) is 0. The van der Waals surface area contributed by atoms with Crippen molar-refractivity contribution in [3.05, 3.63) is 0 Å². The molecule has 0 aromatic rings. The monoisotopic (exact) mass is 341 g/mol. The van der Waals surface area contributed by atoms with Crippen molar-refractivity contribution in [3.8, 4) is 0 Å². The van der Waals surface area contributed by atoms with E-state index in [9.17, 15) is 0 Å². The lowest BCUT2D eigenvalue weighted by atomic mass is 10.1. The fourth-order valence-corrected chi connectivity index (χ4v) is 3.21. The van der Waals surface area contributed by atoms with Crippen molar-refractivity contribution in [1.29, 1.82) is 0 Å². The molecule has 2 heteroatoms. The minimum Gasteiger partial charge on any atom is -0.364 e. The predicted octanol–water partition coefficient (Wildman–Crippen LogP) is 7.35. The molecule has 0 heterocycles. The van der Waals surface area contributed by atoms with Gasteiger partial charge in [0.15, 0.2) is 0 Å². The maximum atomic E-state index is 6.04. The summed E-state index contributed by atoms with van der Waals surface area (Å²) in [5.74, 6) is 0. The zero-order valence-corrected chi connectivity index (χ0v) is 17.0. The Morgan fingerprint density at radius 3 is 1.38 bits per heavy atom. The Morgan fingerprint density at radius 1 is 0.542 bits per heavy atom. The van der Waals surface area contributed by atoms with Gasteiger partial charge in [-0.15, -0.1) is 0 Å². The highest BCUT2D eigenvalue weighted by Crippen LogP contribution is 2.12. The smallest absolute Gasteiger partial charge is 0.105 e. The summed E-state index contributed by atoms with van der Waals surface area (Å²) in [6.07, 6.45) is 24.1. The lowest BCUT2D eigenvalue weighted by Gasteiger charge is -2.12. The van der Waals surface area contributed by atoms with Gasteiger partial charge in [0.05, 0.1) is 0 Å². The molecule has 1 unspecified atom stereocenters. The van der Waals surface area contributed by atoms with E-state index in [2.05, 4.69) is 13.8 Å². The number of unbranched alkanes of at least 4 members (excludes halogenated alkanes) is 15. The highest BCUT2D eigenvalue weighted by atomic mass is 16.5. The highest BCUT2D eigenvalue weighted by molar-refractivity contribution is 4.52. The summed E-state index contributed by atoms with van der Waals surface area (Å²) >= 11 is 0. The second-order valence-electron chi connectivity index (χ2n) is 7.50. The molecule has 0 saturated heterocycles. The molecule has 2 nitrogen and oxygen atoms in total. The van der Waals surface area contributed by atoms with Crippen LogP contribution < -0.4 is 5.73 Å². The minimum atomic E-state index is -0.0286. The molecule has 2 N–H and O–H groups in total. The molecule has 0 aromatic carbocycles. The van der Waals surface area contributed by atoms with E-state index in [1.54, 1.807) is 0 Å². The van der Waals surface area contributed by atoms with E-state index >= 15 is 0 Å². The summed E-state index contributed by atoms with van der Waals surface area (Å²) in [5, 5.41) is 0. The lowest BCUT2D eigenvalue weighted by Crippen LogP contribution is -2.24. The van der Waals surface area contributed by atoms with Crippen LogP contribution in [0.4, 0.5) is 0 Å². The molecule has 0 bridgehead atoms. The average Bonchev–Trinajstić information content (AvgIpc) is 2.59. The highest BCUT2D eigenvalue weighted by Gasteiger charge is 2.02. The van der Waals surface area contributed by atoms with Gasteiger partial charge in [0.25, 0.3) is 0 Å². The number of ether oxygens (including phenoxy) is 1. The molecule has 0 saturated carbocycles. The summed E-state index contributed by atoms with van der Waals surface area (Å²) in [7, 11) is 0. The van der Waals surface area contributed by atoms with Gasteiger partial charge >= 0.3 is 0 Å². The zero-order valence-electron chi connectivity index (χ0n) is 17.0. The molecule has 0 rings (SSSR count). The van der Waals surface area contributed by atoms with Gasteiger partial charge in [0.2, 0.25) is 0 Å². The third kappa shape index (κ3) is 20.0. The number of rotatable bonds is 20. The molecule has 0 aliphatic heterocycles. The van der Waals surface area contributed by atoms with Crippen molar-refractivity contribution in [1.82, 2.24) is 0 Å². The summed E-state index contributed by atoms with van der Waals surface area (Å²) in [6.45, 7) is 5.41. The predicted molar refractivity (Wildman–Crippen MR) is 108 cm³/mol. The first-order valence-corrected chi connectivity index (χ1v) is 11.2. The fourth-order valence-electron chi connectivity index (χ4n) is 3.21. The lowest BCUT2D eigenvalue weighted by molar-refractivity contribution is 0.0475. The minimum absolute atomic E-state index is 0.0286. The third-order valence-corrected chi connectivity index (χ3v) is 4.92.